The van der Waals surface area contributed by atoms with E-state index in [4.69, 9.17) is 0 Å². The lowest BCUT2D eigenvalue weighted by Gasteiger charge is -2.16. The van der Waals surface area contributed by atoms with E-state index in [0.29, 0.717) is 22.6 Å². The molecule has 2 fully saturated rings. The summed E-state index contributed by atoms with van der Waals surface area (Å²) in [6, 6.07) is 0. The van der Waals surface area contributed by atoms with E-state index in [1.165, 1.54) is 6.42 Å². The monoisotopic (exact) mass is 287 g/mol. The van der Waals surface area contributed by atoms with E-state index < -0.39 is 0 Å². The second-order valence-electron chi connectivity index (χ2n) is 5.90. The van der Waals surface area contributed by atoms with Crippen LogP contribution in [0.15, 0.2) is 0 Å². The van der Waals surface area contributed by atoms with E-state index in [2.05, 4.69) is 35.1 Å². The van der Waals surface area contributed by atoms with Crippen molar-refractivity contribution in [2.45, 2.75) is 44.4 Å². The molecule has 0 saturated heterocycles. The van der Waals surface area contributed by atoms with Gasteiger partial charge in [0.15, 0.2) is 0 Å². The zero-order valence-corrected chi connectivity index (χ0v) is 11.8. The minimum absolute atomic E-state index is 0.292. The molecule has 0 aromatic carbocycles. The maximum atomic E-state index is 11.9. The average Bonchev–Trinajstić information content (AvgIpc) is 2.81. The summed E-state index contributed by atoms with van der Waals surface area (Å²) < 4.78 is 0. The van der Waals surface area contributed by atoms with Crippen molar-refractivity contribution in [2.24, 2.45) is 23.7 Å². The average molecular weight is 288 g/mol. The Hall–Kier alpha value is -0.0500. The Bertz CT molecular complexity index is 257. The van der Waals surface area contributed by atoms with Gasteiger partial charge < -0.3 is 5.32 Å². The highest BCUT2D eigenvalue weighted by molar-refractivity contribution is 9.09. The minimum Gasteiger partial charge on any atom is -0.355 e. The predicted molar refractivity (Wildman–Crippen MR) is 69.5 cm³/mol. The van der Waals surface area contributed by atoms with Crippen molar-refractivity contribution in [2.75, 3.05) is 6.54 Å². The molecular formula is C13H22BrNO. The van der Waals surface area contributed by atoms with Crippen molar-refractivity contribution in [1.82, 2.24) is 5.32 Å². The molecule has 2 aliphatic rings. The molecule has 2 nitrogen and oxygen atoms in total. The van der Waals surface area contributed by atoms with Crippen LogP contribution in [0.4, 0.5) is 0 Å². The van der Waals surface area contributed by atoms with Gasteiger partial charge in [0.25, 0.3) is 0 Å². The number of amides is 1. The Morgan fingerprint density at radius 3 is 2.50 bits per heavy atom. The maximum absolute atomic E-state index is 11.9. The zero-order valence-electron chi connectivity index (χ0n) is 10.2. The first kappa shape index (κ1) is 12.4. The van der Waals surface area contributed by atoms with Crippen LogP contribution in [0.25, 0.3) is 0 Å². The molecule has 0 radical (unpaired) electrons. The zero-order chi connectivity index (χ0) is 11.7. The highest BCUT2D eigenvalue weighted by atomic mass is 79.9. The van der Waals surface area contributed by atoms with Gasteiger partial charge in [-0.1, -0.05) is 29.8 Å². The topological polar surface area (TPSA) is 29.1 Å². The summed E-state index contributed by atoms with van der Waals surface area (Å²) in [6.45, 7) is 5.20. The van der Waals surface area contributed by atoms with Gasteiger partial charge in [0, 0.05) is 17.3 Å². The van der Waals surface area contributed by atoms with Gasteiger partial charge in [-0.05, 0) is 43.4 Å². The molecule has 1 amide bonds. The third-order valence-corrected chi connectivity index (χ3v) is 4.54. The lowest BCUT2D eigenvalue weighted by Crippen LogP contribution is -2.34. The summed E-state index contributed by atoms with van der Waals surface area (Å²) in [7, 11) is 0. The van der Waals surface area contributed by atoms with Gasteiger partial charge in [0.05, 0.1) is 0 Å². The highest BCUT2D eigenvalue weighted by Gasteiger charge is 2.47. The van der Waals surface area contributed by atoms with Crippen LogP contribution in [0, 0.1) is 23.7 Å². The summed E-state index contributed by atoms with van der Waals surface area (Å²) in [6.07, 6.45) is 4.80. The molecule has 1 N–H and O–H groups in total. The summed E-state index contributed by atoms with van der Waals surface area (Å²) in [5.74, 6) is 3.08. The minimum atomic E-state index is 0.292. The molecule has 3 unspecified atom stereocenters. The SMILES string of the molecule is CC(C)CC(Br)CNC(=O)C1CC2CC2C1. The number of fused-ring (bicyclic) bond motifs is 1. The van der Waals surface area contributed by atoms with Crippen molar-refractivity contribution in [3.05, 3.63) is 0 Å². The molecule has 0 aliphatic heterocycles. The van der Waals surface area contributed by atoms with E-state index in [9.17, 15) is 4.79 Å². The van der Waals surface area contributed by atoms with Crippen LogP contribution >= 0.6 is 15.9 Å². The second-order valence-corrected chi connectivity index (χ2v) is 7.19. The first-order valence-corrected chi connectivity index (χ1v) is 7.39. The Kier molecular flexibility index (Phi) is 3.93. The van der Waals surface area contributed by atoms with Crippen molar-refractivity contribution >= 4 is 21.8 Å². The van der Waals surface area contributed by atoms with Crippen LogP contribution in [-0.4, -0.2) is 17.3 Å². The number of nitrogens with one attached hydrogen (secondary N) is 1. The number of hydrogen-bond donors (Lipinski definition) is 1. The molecular weight excluding hydrogens is 266 g/mol. The smallest absolute Gasteiger partial charge is 0.223 e. The van der Waals surface area contributed by atoms with Crippen LogP contribution < -0.4 is 5.32 Å². The van der Waals surface area contributed by atoms with Crippen molar-refractivity contribution in [3.63, 3.8) is 0 Å². The van der Waals surface area contributed by atoms with Crippen molar-refractivity contribution < 1.29 is 4.79 Å². The molecule has 3 heteroatoms. The fourth-order valence-corrected chi connectivity index (χ4v) is 3.79. The molecule has 2 aliphatic carbocycles. The molecule has 0 aromatic heterocycles. The normalized spacial score (nSPS) is 33.6. The van der Waals surface area contributed by atoms with Crippen LogP contribution in [0.5, 0.6) is 0 Å². The Morgan fingerprint density at radius 2 is 1.94 bits per heavy atom. The summed E-state index contributed by atoms with van der Waals surface area (Å²) in [5, 5.41) is 3.09. The fraction of sp³-hybridized carbons (Fsp3) is 0.923. The lowest BCUT2D eigenvalue weighted by atomic mass is 10.0. The van der Waals surface area contributed by atoms with E-state index >= 15 is 0 Å². The van der Waals surface area contributed by atoms with Crippen molar-refractivity contribution in [3.8, 4) is 0 Å². The second kappa shape index (κ2) is 5.07. The van der Waals surface area contributed by atoms with E-state index in [0.717, 1.165) is 37.6 Å². The third kappa shape index (κ3) is 3.22. The number of halogens is 1. The molecule has 92 valence electrons. The molecule has 16 heavy (non-hydrogen) atoms. The van der Waals surface area contributed by atoms with Crippen LogP contribution in [0.3, 0.4) is 0 Å². The Balaban J connectivity index is 1.63. The third-order valence-electron chi connectivity index (χ3n) is 3.84. The van der Waals surface area contributed by atoms with Gasteiger partial charge in [0.2, 0.25) is 5.91 Å². The molecule has 0 bridgehead atoms. The van der Waals surface area contributed by atoms with Crippen LogP contribution in [0.1, 0.15) is 39.5 Å². The molecule has 3 atom stereocenters. The number of rotatable bonds is 5. The Morgan fingerprint density at radius 1 is 1.31 bits per heavy atom. The van der Waals surface area contributed by atoms with Gasteiger partial charge in [-0.25, -0.2) is 0 Å². The van der Waals surface area contributed by atoms with Crippen molar-refractivity contribution in [1.29, 1.82) is 0 Å². The summed E-state index contributed by atoms with van der Waals surface area (Å²) in [4.78, 5) is 12.3. The van der Waals surface area contributed by atoms with Crippen LogP contribution in [0.2, 0.25) is 0 Å². The van der Waals surface area contributed by atoms with Gasteiger partial charge in [-0.2, -0.15) is 0 Å². The maximum Gasteiger partial charge on any atom is 0.223 e. The first-order valence-electron chi connectivity index (χ1n) is 6.48. The van der Waals surface area contributed by atoms with Crippen LogP contribution in [-0.2, 0) is 4.79 Å². The largest absolute Gasteiger partial charge is 0.355 e. The number of carbonyl (C=O) groups is 1. The molecule has 0 aromatic rings. The quantitative estimate of drug-likeness (QED) is 0.774. The number of alkyl halides is 1. The molecule has 0 heterocycles. The highest BCUT2D eigenvalue weighted by Crippen LogP contribution is 2.54. The standard InChI is InChI=1S/C13H22BrNO/c1-8(2)3-12(14)7-15-13(16)11-5-9-4-10(9)6-11/h8-12H,3-7H2,1-2H3,(H,15,16). The van der Waals surface area contributed by atoms with Gasteiger partial charge in [0.1, 0.15) is 0 Å². The van der Waals surface area contributed by atoms with Gasteiger partial charge in [-0.3, -0.25) is 4.79 Å². The fourth-order valence-electron chi connectivity index (χ4n) is 2.88. The number of hydrogen-bond acceptors (Lipinski definition) is 1. The summed E-state index contributed by atoms with van der Waals surface area (Å²) in [5.41, 5.74) is 0. The molecule has 0 spiro atoms. The van der Waals surface area contributed by atoms with E-state index in [1.54, 1.807) is 0 Å². The van der Waals surface area contributed by atoms with Gasteiger partial charge >= 0.3 is 0 Å². The van der Waals surface area contributed by atoms with E-state index in [1.807, 2.05) is 0 Å². The number of carbonyl (C=O) groups excluding carboxylic acids is 1. The first-order chi connectivity index (χ1) is 7.56. The summed E-state index contributed by atoms with van der Waals surface area (Å²) >= 11 is 3.62. The van der Waals surface area contributed by atoms with E-state index in [-0.39, 0.29) is 0 Å². The van der Waals surface area contributed by atoms with Gasteiger partial charge in [-0.15, -0.1) is 0 Å². The molecule has 2 rings (SSSR count). The predicted octanol–water partition coefficient (Wildman–Crippen LogP) is 2.96. The Labute approximate surface area is 107 Å². The lowest BCUT2D eigenvalue weighted by molar-refractivity contribution is -0.125. The molecule has 2 saturated carbocycles.